The second kappa shape index (κ2) is 8.02. The Balaban J connectivity index is 1.74. The molecular formula is C25H36N4O2. The van der Waals surface area contributed by atoms with Crippen LogP contribution in [0.4, 0.5) is 10.5 Å². The lowest BCUT2D eigenvalue weighted by Crippen LogP contribution is -2.59. The molecule has 0 aromatic heterocycles. The van der Waals surface area contributed by atoms with Gasteiger partial charge in [0.2, 0.25) is 0 Å². The number of nitriles is 1. The summed E-state index contributed by atoms with van der Waals surface area (Å²) in [6.07, 6.45) is 3.22. The molecule has 6 nitrogen and oxygen atoms in total. The fourth-order valence-corrected chi connectivity index (χ4v) is 5.12. The van der Waals surface area contributed by atoms with Gasteiger partial charge in [0, 0.05) is 40.2 Å². The number of anilines is 1. The molecule has 0 N–H and O–H groups in total. The standard InChI is InChI=1S/C25H36N4O2/c1-16(2)23-14-28(9-10-29(23)24(30)27(5)6)22-11-18(17-7-8-17)21-15-31-25(3,4)12-19(21)20(22)13-26/h11,16-17,23H,7-10,12,14-15H2,1-6H3. The fraction of sp³-hybridized carbons (Fsp3) is 0.680. The molecule has 1 saturated heterocycles. The Labute approximate surface area is 186 Å². The second-order valence-electron chi connectivity index (χ2n) is 10.6. The molecule has 168 valence electrons. The highest BCUT2D eigenvalue weighted by molar-refractivity contribution is 5.75. The number of rotatable bonds is 3. The molecule has 4 rings (SSSR count). The van der Waals surface area contributed by atoms with Crippen molar-refractivity contribution in [1.29, 1.82) is 5.26 Å². The minimum atomic E-state index is -0.255. The molecule has 1 aromatic carbocycles. The van der Waals surface area contributed by atoms with Gasteiger partial charge in [0.05, 0.1) is 29.5 Å². The third-order valence-electron chi connectivity index (χ3n) is 7.06. The van der Waals surface area contributed by atoms with Crippen molar-refractivity contribution in [2.75, 3.05) is 38.6 Å². The van der Waals surface area contributed by atoms with Gasteiger partial charge in [-0.15, -0.1) is 0 Å². The van der Waals surface area contributed by atoms with Gasteiger partial charge in [0.25, 0.3) is 0 Å². The predicted molar refractivity (Wildman–Crippen MR) is 122 cm³/mol. The van der Waals surface area contributed by atoms with Crippen molar-refractivity contribution in [2.24, 2.45) is 5.92 Å². The zero-order valence-electron chi connectivity index (χ0n) is 19.9. The van der Waals surface area contributed by atoms with Crippen LogP contribution < -0.4 is 4.90 Å². The summed E-state index contributed by atoms with van der Waals surface area (Å²) < 4.78 is 6.13. The largest absolute Gasteiger partial charge is 0.371 e. The maximum Gasteiger partial charge on any atom is 0.319 e. The first kappa shape index (κ1) is 22.0. The zero-order valence-corrected chi connectivity index (χ0v) is 19.9. The SMILES string of the molecule is CC(C)C1CN(c2cc(C3CC3)c3c(c2C#N)CC(C)(C)OC3)CCN1C(=O)N(C)C. The molecule has 0 bridgehead atoms. The molecule has 2 aliphatic heterocycles. The smallest absolute Gasteiger partial charge is 0.319 e. The van der Waals surface area contributed by atoms with Crippen LogP contribution >= 0.6 is 0 Å². The van der Waals surface area contributed by atoms with Gasteiger partial charge in [-0.25, -0.2) is 4.79 Å². The lowest BCUT2D eigenvalue weighted by atomic mass is 9.83. The maximum absolute atomic E-state index is 12.8. The van der Waals surface area contributed by atoms with E-state index >= 15 is 0 Å². The van der Waals surface area contributed by atoms with Gasteiger partial charge in [-0.3, -0.25) is 0 Å². The predicted octanol–water partition coefficient (Wildman–Crippen LogP) is 4.12. The summed E-state index contributed by atoms with van der Waals surface area (Å²) in [4.78, 5) is 18.8. The molecule has 3 aliphatic rings. The minimum Gasteiger partial charge on any atom is -0.371 e. The normalized spacial score (nSPS) is 22.8. The van der Waals surface area contributed by atoms with E-state index in [1.54, 1.807) is 4.90 Å². The van der Waals surface area contributed by atoms with Crippen LogP contribution in [0, 0.1) is 17.2 Å². The van der Waals surface area contributed by atoms with E-state index in [-0.39, 0.29) is 17.7 Å². The van der Waals surface area contributed by atoms with E-state index in [0.717, 1.165) is 30.8 Å². The van der Waals surface area contributed by atoms with Crippen molar-refractivity contribution >= 4 is 11.7 Å². The zero-order chi connectivity index (χ0) is 22.5. The first-order chi connectivity index (χ1) is 14.6. The van der Waals surface area contributed by atoms with Crippen LogP contribution in [-0.2, 0) is 17.8 Å². The van der Waals surface area contributed by atoms with Gasteiger partial charge in [0.15, 0.2) is 0 Å². The molecule has 2 heterocycles. The Morgan fingerprint density at radius 1 is 1.26 bits per heavy atom. The summed E-state index contributed by atoms with van der Waals surface area (Å²) in [6.45, 7) is 11.4. The highest BCUT2D eigenvalue weighted by atomic mass is 16.5. The lowest BCUT2D eigenvalue weighted by Gasteiger charge is -2.45. The van der Waals surface area contributed by atoms with Gasteiger partial charge < -0.3 is 19.4 Å². The van der Waals surface area contributed by atoms with E-state index in [1.807, 2.05) is 19.0 Å². The molecule has 1 unspecified atom stereocenters. The number of nitrogens with zero attached hydrogens (tertiary/aromatic N) is 4. The Morgan fingerprint density at radius 3 is 2.55 bits per heavy atom. The molecule has 31 heavy (non-hydrogen) atoms. The molecule has 2 fully saturated rings. The van der Waals surface area contributed by atoms with Crippen molar-refractivity contribution in [2.45, 2.75) is 71.1 Å². The van der Waals surface area contributed by atoms with E-state index in [9.17, 15) is 10.1 Å². The number of carbonyl (C=O) groups is 1. The third-order valence-corrected chi connectivity index (χ3v) is 7.06. The Hall–Kier alpha value is -2.26. The summed E-state index contributed by atoms with van der Waals surface area (Å²) in [5, 5.41) is 10.2. The Bertz CT molecular complexity index is 911. The van der Waals surface area contributed by atoms with E-state index in [2.05, 4.69) is 44.7 Å². The number of ether oxygens (including phenoxy) is 1. The van der Waals surface area contributed by atoms with Crippen molar-refractivity contribution in [1.82, 2.24) is 9.80 Å². The van der Waals surface area contributed by atoms with E-state index in [1.165, 1.54) is 29.5 Å². The molecule has 1 atom stereocenters. The van der Waals surface area contributed by atoms with Gasteiger partial charge in [-0.05, 0) is 61.3 Å². The van der Waals surface area contributed by atoms with Crippen molar-refractivity contribution < 1.29 is 9.53 Å². The monoisotopic (exact) mass is 424 g/mol. The van der Waals surface area contributed by atoms with Crippen LogP contribution in [0.3, 0.4) is 0 Å². The second-order valence-corrected chi connectivity index (χ2v) is 10.6. The molecule has 1 aliphatic carbocycles. The number of amides is 2. The fourth-order valence-electron chi connectivity index (χ4n) is 5.12. The lowest BCUT2D eigenvalue weighted by molar-refractivity contribution is -0.0405. The first-order valence-corrected chi connectivity index (χ1v) is 11.6. The van der Waals surface area contributed by atoms with E-state index in [0.29, 0.717) is 25.0 Å². The average Bonchev–Trinajstić information content (AvgIpc) is 3.55. The molecule has 0 spiro atoms. The van der Waals surface area contributed by atoms with Gasteiger partial charge in [0.1, 0.15) is 6.07 Å². The van der Waals surface area contributed by atoms with Gasteiger partial charge in [-0.1, -0.05) is 13.8 Å². The molecule has 0 radical (unpaired) electrons. The maximum atomic E-state index is 12.8. The van der Waals surface area contributed by atoms with Crippen LogP contribution in [0.5, 0.6) is 0 Å². The Morgan fingerprint density at radius 2 is 1.97 bits per heavy atom. The highest BCUT2D eigenvalue weighted by Gasteiger charge is 2.38. The third kappa shape index (κ3) is 4.13. The number of urea groups is 1. The van der Waals surface area contributed by atoms with Crippen molar-refractivity contribution in [3.8, 4) is 6.07 Å². The summed E-state index contributed by atoms with van der Waals surface area (Å²) >= 11 is 0. The number of carbonyl (C=O) groups excluding carboxylic acids is 1. The number of piperazine rings is 1. The number of hydrogen-bond donors (Lipinski definition) is 0. The highest BCUT2D eigenvalue weighted by Crippen LogP contribution is 2.47. The summed E-state index contributed by atoms with van der Waals surface area (Å²) in [5.74, 6) is 0.938. The molecule has 1 saturated carbocycles. The summed E-state index contributed by atoms with van der Waals surface area (Å²) in [5.41, 5.74) is 5.44. The van der Waals surface area contributed by atoms with Crippen LogP contribution in [0.15, 0.2) is 6.07 Å². The topological polar surface area (TPSA) is 59.8 Å². The van der Waals surface area contributed by atoms with Crippen LogP contribution in [0.2, 0.25) is 0 Å². The molecule has 1 aromatic rings. The van der Waals surface area contributed by atoms with Crippen molar-refractivity contribution in [3.63, 3.8) is 0 Å². The van der Waals surface area contributed by atoms with Gasteiger partial charge in [-0.2, -0.15) is 5.26 Å². The van der Waals surface area contributed by atoms with Crippen LogP contribution in [0.25, 0.3) is 0 Å². The quantitative estimate of drug-likeness (QED) is 0.732. The van der Waals surface area contributed by atoms with E-state index < -0.39 is 0 Å². The molecule has 2 amide bonds. The minimum absolute atomic E-state index is 0.0712. The molecule has 6 heteroatoms. The molecular weight excluding hydrogens is 388 g/mol. The average molecular weight is 425 g/mol. The first-order valence-electron chi connectivity index (χ1n) is 11.6. The number of benzene rings is 1. The summed E-state index contributed by atoms with van der Waals surface area (Å²) in [6, 6.07) is 5.02. The van der Waals surface area contributed by atoms with Crippen molar-refractivity contribution in [3.05, 3.63) is 28.3 Å². The number of hydrogen-bond acceptors (Lipinski definition) is 4. The van der Waals surface area contributed by atoms with E-state index in [4.69, 9.17) is 4.74 Å². The van der Waals surface area contributed by atoms with Crippen LogP contribution in [0.1, 0.15) is 68.7 Å². The van der Waals surface area contributed by atoms with Crippen LogP contribution in [-0.4, -0.2) is 61.2 Å². The number of fused-ring (bicyclic) bond motifs is 1. The Kier molecular flexibility index (Phi) is 5.68. The summed E-state index contributed by atoms with van der Waals surface area (Å²) in [7, 11) is 3.63. The van der Waals surface area contributed by atoms with Gasteiger partial charge >= 0.3 is 6.03 Å².